The smallest absolute Gasteiger partial charge is 0.408 e. The summed E-state index contributed by atoms with van der Waals surface area (Å²) >= 11 is 1.72. The van der Waals surface area contributed by atoms with E-state index in [0.717, 1.165) is 79.6 Å². The van der Waals surface area contributed by atoms with E-state index in [2.05, 4.69) is 68.1 Å². The second-order valence-electron chi connectivity index (χ2n) is 13.2. The molecular weight excluding hydrogens is 623 g/mol. The predicted molar refractivity (Wildman–Crippen MR) is 188 cm³/mol. The molecule has 3 heterocycles. The summed E-state index contributed by atoms with van der Waals surface area (Å²) < 4.78 is 13.6. The van der Waals surface area contributed by atoms with Crippen LogP contribution in [0.25, 0.3) is 5.69 Å². The van der Waals surface area contributed by atoms with Crippen LogP contribution in [0.2, 0.25) is 0 Å². The lowest BCUT2D eigenvalue weighted by molar-refractivity contribution is -0.0231. The van der Waals surface area contributed by atoms with Gasteiger partial charge in [-0.1, -0.05) is 35.8 Å². The number of thioether (sulfide) groups is 1. The van der Waals surface area contributed by atoms with Gasteiger partial charge in [-0.2, -0.15) is 0 Å². The molecule has 6 rings (SSSR count). The first-order valence-corrected chi connectivity index (χ1v) is 18.1. The minimum absolute atomic E-state index is 0.0323. The van der Waals surface area contributed by atoms with Gasteiger partial charge in [0, 0.05) is 61.3 Å². The van der Waals surface area contributed by atoms with Crippen LogP contribution in [-0.4, -0.2) is 91.8 Å². The van der Waals surface area contributed by atoms with Crippen molar-refractivity contribution in [1.82, 2.24) is 34.9 Å². The summed E-state index contributed by atoms with van der Waals surface area (Å²) in [6.07, 6.45) is 14.6. The Kier molecular flexibility index (Phi) is 11.4. The number of amides is 1. The van der Waals surface area contributed by atoms with Crippen LogP contribution < -0.4 is 10.1 Å². The molecule has 3 aliphatic rings. The molecule has 1 aromatic carbocycles. The van der Waals surface area contributed by atoms with Crippen LogP contribution in [0.4, 0.5) is 4.79 Å². The van der Waals surface area contributed by atoms with Crippen molar-refractivity contribution in [3.05, 3.63) is 71.8 Å². The molecule has 254 valence electrons. The molecule has 0 spiro atoms. The number of nitrogens with one attached hydrogen (secondary N) is 1. The topological polar surface area (TPSA) is 97.6 Å². The molecule has 10 nitrogen and oxygen atoms in total. The first kappa shape index (κ1) is 34.0. The standard InChI is InChI=1S/C37H47N7O3S/c1-28(2)42-19-21-43(22-20-42)37(16-9-17-37)27-39-36(45)46-23-8-10-30-14-15-32(24-29(30)3)47-26-34-40-41-35(48-33-12-5-4-6-13-33)44(34)31-11-7-18-38-25-31/h5,7,11-12,14-15,18,24-25,28,33H,4,6,9,13,16-17,19-23,26-27H2,1-3H3,(H,39,45). The quantitative estimate of drug-likeness (QED) is 0.201. The number of pyridine rings is 1. The van der Waals surface area contributed by atoms with E-state index in [1.165, 1.54) is 12.8 Å². The van der Waals surface area contributed by atoms with Gasteiger partial charge in [0.25, 0.3) is 0 Å². The number of ether oxygens (including phenoxy) is 2. The average Bonchev–Trinajstić information content (AvgIpc) is 3.49. The fraction of sp³-hybridized carbons (Fsp3) is 0.514. The molecular formula is C37H47N7O3S. The maximum Gasteiger partial charge on any atom is 0.408 e. The molecule has 1 N–H and O–H groups in total. The monoisotopic (exact) mass is 669 g/mol. The van der Waals surface area contributed by atoms with E-state index in [9.17, 15) is 4.79 Å². The molecule has 1 saturated carbocycles. The van der Waals surface area contributed by atoms with E-state index in [1.807, 2.05) is 48.0 Å². The first-order chi connectivity index (χ1) is 23.4. The number of hydrogen-bond donors (Lipinski definition) is 1. The van der Waals surface area contributed by atoms with Gasteiger partial charge in [0.1, 0.15) is 12.4 Å². The summed E-state index contributed by atoms with van der Waals surface area (Å²) in [5, 5.41) is 13.2. The molecule has 1 saturated heterocycles. The van der Waals surface area contributed by atoms with E-state index in [1.54, 1.807) is 18.0 Å². The Labute approximate surface area is 288 Å². The Morgan fingerprint density at radius 1 is 1.15 bits per heavy atom. The zero-order valence-corrected chi connectivity index (χ0v) is 29.2. The number of rotatable bonds is 11. The van der Waals surface area contributed by atoms with E-state index >= 15 is 0 Å². The van der Waals surface area contributed by atoms with Crippen LogP contribution in [0.15, 0.2) is 60.0 Å². The van der Waals surface area contributed by atoms with Crippen molar-refractivity contribution >= 4 is 17.9 Å². The Bertz CT molecular complexity index is 1620. The molecule has 1 atom stereocenters. The molecule has 3 aromatic rings. The van der Waals surface area contributed by atoms with E-state index in [4.69, 9.17) is 9.47 Å². The van der Waals surface area contributed by atoms with Crippen molar-refractivity contribution in [2.45, 2.75) is 87.9 Å². The fourth-order valence-electron chi connectivity index (χ4n) is 6.67. The Hall–Kier alpha value is -3.85. The van der Waals surface area contributed by atoms with Crippen molar-refractivity contribution in [1.29, 1.82) is 0 Å². The van der Waals surface area contributed by atoms with Crippen LogP contribution in [-0.2, 0) is 11.3 Å². The number of aryl methyl sites for hydroxylation is 1. The van der Waals surface area contributed by atoms with E-state index < -0.39 is 6.09 Å². The van der Waals surface area contributed by atoms with Crippen molar-refractivity contribution in [3.8, 4) is 23.3 Å². The highest BCUT2D eigenvalue weighted by Gasteiger charge is 2.43. The Balaban J connectivity index is 0.993. The SMILES string of the molecule is Cc1cc(OCc2nnc(SC3C=CCCC3)n2-c2cccnc2)ccc1C#CCOC(=O)NCC1(N2CCN(C(C)C)CC2)CCC1. The minimum atomic E-state index is -0.409. The number of aromatic nitrogens is 4. The zero-order chi connectivity index (χ0) is 33.3. The number of alkyl carbamates (subject to hydrolysis) is 1. The van der Waals surface area contributed by atoms with Gasteiger partial charge in [-0.3, -0.25) is 19.4 Å². The maximum absolute atomic E-state index is 12.5. The van der Waals surface area contributed by atoms with Crippen LogP contribution in [0.1, 0.15) is 69.3 Å². The molecule has 2 fully saturated rings. The van der Waals surface area contributed by atoms with Crippen molar-refractivity contribution in [2.24, 2.45) is 0 Å². The number of benzene rings is 1. The third-order valence-electron chi connectivity index (χ3n) is 9.70. The van der Waals surface area contributed by atoms with Gasteiger partial charge >= 0.3 is 6.09 Å². The normalized spacial score (nSPS) is 19.3. The van der Waals surface area contributed by atoms with Gasteiger partial charge in [-0.25, -0.2) is 4.79 Å². The minimum Gasteiger partial charge on any atom is -0.486 e. The second-order valence-corrected chi connectivity index (χ2v) is 14.4. The molecule has 1 aliphatic heterocycles. The number of allylic oxidation sites excluding steroid dienone is 1. The summed E-state index contributed by atoms with van der Waals surface area (Å²) in [5.41, 5.74) is 2.81. The number of nitrogens with zero attached hydrogens (tertiary/aromatic N) is 6. The van der Waals surface area contributed by atoms with Gasteiger partial charge < -0.3 is 14.8 Å². The molecule has 0 bridgehead atoms. The molecule has 11 heteroatoms. The second kappa shape index (κ2) is 16.0. The summed E-state index contributed by atoms with van der Waals surface area (Å²) in [4.78, 5) is 21.9. The van der Waals surface area contributed by atoms with Crippen LogP contribution in [0.5, 0.6) is 5.75 Å². The summed E-state index contributed by atoms with van der Waals surface area (Å²) in [5.74, 6) is 7.55. The maximum atomic E-state index is 12.5. The number of carbonyl (C=O) groups is 1. The molecule has 48 heavy (non-hydrogen) atoms. The summed E-state index contributed by atoms with van der Waals surface area (Å²) in [6.45, 7) is 11.7. The third-order valence-corrected chi connectivity index (χ3v) is 10.9. The number of carbonyl (C=O) groups excluding carboxylic acids is 1. The van der Waals surface area contributed by atoms with Crippen LogP contribution >= 0.6 is 11.8 Å². The summed E-state index contributed by atoms with van der Waals surface area (Å²) in [6, 6.07) is 10.3. The van der Waals surface area contributed by atoms with Crippen molar-refractivity contribution in [2.75, 3.05) is 39.3 Å². The van der Waals surface area contributed by atoms with Gasteiger partial charge in [0.15, 0.2) is 17.6 Å². The highest BCUT2D eigenvalue weighted by Crippen LogP contribution is 2.38. The van der Waals surface area contributed by atoms with Crippen molar-refractivity contribution < 1.29 is 14.3 Å². The first-order valence-electron chi connectivity index (χ1n) is 17.2. The number of piperazine rings is 1. The van der Waals surface area contributed by atoms with Gasteiger partial charge in [-0.15, -0.1) is 10.2 Å². The molecule has 0 radical (unpaired) electrons. The van der Waals surface area contributed by atoms with Crippen LogP contribution in [0, 0.1) is 18.8 Å². The third kappa shape index (κ3) is 8.41. The lowest BCUT2D eigenvalue weighted by Crippen LogP contribution is -2.64. The molecule has 2 aromatic heterocycles. The average molecular weight is 670 g/mol. The lowest BCUT2D eigenvalue weighted by atomic mass is 9.74. The van der Waals surface area contributed by atoms with Crippen LogP contribution in [0.3, 0.4) is 0 Å². The lowest BCUT2D eigenvalue weighted by Gasteiger charge is -2.53. The number of hydrogen-bond acceptors (Lipinski definition) is 9. The van der Waals surface area contributed by atoms with E-state index in [-0.39, 0.29) is 18.8 Å². The Morgan fingerprint density at radius 2 is 2.00 bits per heavy atom. The van der Waals surface area contributed by atoms with Gasteiger partial charge in [0.05, 0.1) is 11.9 Å². The predicted octanol–water partition coefficient (Wildman–Crippen LogP) is 5.78. The summed E-state index contributed by atoms with van der Waals surface area (Å²) in [7, 11) is 0. The largest absolute Gasteiger partial charge is 0.486 e. The highest BCUT2D eigenvalue weighted by atomic mass is 32.2. The molecule has 1 amide bonds. The van der Waals surface area contributed by atoms with Gasteiger partial charge in [0.2, 0.25) is 0 Å². The molecule has 1 unspecified atom stereocenters. The highest BCUT2D eigenvalue weighted by molar-refractivity contribution is 7.99. The zero-order valence-electron chi connectivity index (χ0n) is 28.4. The molecule has 2 aliphatic carbocycles. The van der Waals surface area contributed by atoms with Crippen molar-refractivity contribution in [3.63, 3.8) is 0 Å². The van der Waals surface area contributed by atoms with Gasteiger partial charge in [-0.05, 0) is 95.2 Å². The Morgan fingerprint density at radius 3 is 2.69 bits per heavy atom. The fourth-order valence-corrected chi connectivity index (χ4v) is 7.82. The van der Waals surface area contributed by atoms with E-state index in [0.29, 0.717) is 23.7 Å².